The number of amides is 3. The first-order valence-corrected chi connectivity index (χ1v) is 16.4. The topological polar surface area (TPSA) is 120 Å². The van der Waals surface area contributed by atoms with Crippen LogP contribution in [0.1, 0.15) is 17.5 Å². The summed E-state index contributed by atoms with van der Waals surface area (Å²) >= 11 is 1.50. The normalized spacial score (nSPS) is 18.6. The highest BCUT2D eigenvalue weighted by Gasteiger charge is 2.38. The van der Waals surface area contributed by atoms with Crippen LogP contribution in [0.25, 0.3) is 10.9 Å². The van der Waals surface area contributed by atoms with Crippen molar-refractivity contribution in [2.75, 3.05) is 39.7 Å². The predicted molar refractivity (Wildman–Crippen MR) is 178 cm³/mol. The zero-order valence-electron chi connectivity index (χ0n) is 26.6. The molecule has 3 amide bonds. The standard InChI is InChI=1S/C35H38N4O7S/c1-38-19-32(25-6-4-5-7-27(25)38)47-21-35(42)39-17-26-31(18-39)46-24-11-10-23(29(15-24)43-2)16-36-33(40)13-9-22-8-12-28(30(14-22)44-3)45-20-34(41)37-26/h4-8,10-12,14-15,19,26,31H,9,13,16-18,20-21H2,1-3H3,(H,36,40)(H,37,41)/t26-,31-/m1/s1. The van der Waals surface area contributed by atoms with Gasteiger partial charge in [0.2, 0.25) is 11.8 Å². The van der Waals surface area contributed by atoms with Gasteiger partial charge in [-0.1, -0.05) is 24.3 Å². The smallest absolute Gasteiger partial charge is 0.258 e. The predicted octanol–water partition coefficient (Wildman–Crippen LogP) is 3.70. The molecule has 0 unspecified atom stereocenters. The molecule has 5 aliphatic rings. The highest BCUT2D eigenvalue weighted by molar-refractivity contribution is 8.00. The van der Waals surface area contributed by atoms with E-state index in [9.17, 15) is 14.4 Å². The molecule has 4 bridgehead atoms. The van der Waals surface area contributed by atoms with Gasteiger partial charge in [0.05, 0.1) is 32.6 Å². The van der Waals surface area contributed by atoms with E-state index in [1.807, 2.05) is 37.5 Å². The van der Waals surface area contributed by atoms with Crippen LogP contribution in [0, 0.1) is 0 Å². The van der Waals surface area contributed by atoms with Gasteiger partial charge in [0.25, 0.3) is 5.91 Å². The van der Waals surface area contributed by atoms with Crippen molar-refractivity contribution in [1.29, 1.82) is 0 Å². The molecule has 0 saturated carbocycles. The number of aryl methyl sites for hydroxylation is 2. The lowest BCUT2D eigenvalue weighted by molar-refractivity contribution is -0.128. The molecule has 3 aromatic carbocycles. The summed E-state index contributed by atoms with van der Waals surface area (Å²) in [6.45, 7) is 0.604. The molecule has 9 rings (SSSR count). The third kappa shape index (κ3) is 7.43. The molecule has 6 heterocycles. The molecule has 11 nitrogen and oxygen atoms in total. The lowest BCUT2D eigenvalue weighted by Gasteiger charge is -2.22. The molecule has 1 saturated heterocycles. The van der Waals surface area contributed by atoms with Crippen molar-refractivity contribution in [3.05, 3.63) is 78.0 Å². The van der Waals surface area contributed by atoms with Gasteiger partial charge in [0.1, 0.15) is 17.6 Å². The molecule has 0 radical (unpaired) electrons. The number of carbonyl (C=O) groups excluding carboxylic acids is 3. The van der Waals surface area contributed by atoms with Crippen molar-refractivity contribution in [2.24, 2.45) is 7.05 Å². The minimum absolute atomic E-state index is 0.0523. The number of rotatable bonds is 5. The fourth-order valence-corrected chi connectivity index (χ4v) is 6.95. The molecule has 0 spiro atoms. The van der Waals surface area contributed by atoms with Crippen molar-refractivity contribution in [3.8, 4) is 23.0 Å². The van der Waals surface area contributed by atoms with Crippen molar-refractivity contribution in [1.82, 2.24) is 20.1 Å². The van der Waals surface area contributed by atoms with E-state index < -0.39 is 12.1 Å². The fraction of sp³-hybridized carbons (Fsp3) is 0.343. The Morgan fingerprint density at radius 2 is 1.81 bits per heavy atom. The number of thioether (sulfide) groups is 1. The largest absolute Gasteiger partial charge is 0.496 e. The van der Waals surface area contributed by atoms with Crippen LogP contribution in [0.15, 0.2) is 71.8 Å². The maximum absolute atomic E-state index is 13.5. The Labute approximate surface area is 277 Å². The third-order valence-corrected chi connectivity index (χ3v) is 9.45. The lowest BCUT2D eigenvalue weighted by atomic mass is 10.1. The average Bonchev–Trinajstić information content (AvgIpc) is 3.63. The Balaban J connectivity index is 1.22. The van der Waals surface area contributed by atoms with Gasteiger partial charge in [0, 0.05) is 60.2 Å². The molecular formula is C35H38N4O7S. The van der Waals surface area contributed by atoms with Crippen LogP contribution in [0.4, 0.5) is 0 Å². The summed E-state index contributed by atoms with van der Waals surface area (Å²) in [4.78, 5) is 42.1. The lowest BCUT2D eigenvalue weighted by Crippen LogP contribution is -2.47. The Kier molecular flexibility index (Phi) is 9.76. The van der Waals surface area contributed by atoms with E-state index in [-0.39, 0.29) is 56.1 Å². The third-order valence-electron chi connectivity index (χ3n) is 8.43. The van der Waals surface area contributed by atoms with Gasteiger partial charge in [0.15, 0.2) is 18.1 Å². The molecule has 1 fully saturated rings. The Morgan fingerprint density at radius 1 is 0.979 bits per heavy atom. The fourth-order valence-electron chi connectivity index (χ4n) is 5.92. The van der Waals surface area contributed by atoms with Gasteiger partial charge >= 0.3 is 0 Å². The van der Waals surface area contributed by atoms with E-state index in [2.05, 4.69) is 27.3 Å². The second-order valence-electron chi connectivity index (χ2n) is 11.6. The number of methoxy groups -OCH3 is 2. The molecule has 0 aliphatic carbocycles. The van der Waals surface area contributed by atoms with E-state index in [0.717, 1.165) is 26.9 Å². The number of likely N-dealkylation sites (tertiary alicyclic amines) is 1. The Hall–Kier alpha value is -4.84. The van der Waals surface area contributed by atoms with Gasteiger partial charge in [-0.2, -0.15) is 0 Å². The second kappa shape index (κ2) is 14.3. The van der Waals surface area contributed by atoms with Gasteiger partial charge in [-0.05, 0) is 42.3 Å². The number of hydrogen-bond acceptors (Lipinski definition) is 8. The molecule has 2 N–H and O–H groups in total. The zero-order chi connectivity index (χ0) is 32.9. The van der Waals surface area contributed by atoms with Crippen LogP contribution >= 0.6 is 11.8 Å². The van der Waals surface area contributed by atoms with Crippen LogP contribution < -0.4 is 29.6 Å². The van der Waals surface area contributed by atoms with Crippen molar-refractivity contribution >= 4 is 40.4 Å². The molecule has 1 aromatic heterocycles. The van der Waals surface area contributed by atoms with Gasteiger partial charge < -0.3 is 39.0 Å². The Morgan fingerprint density at radius 3 is 2.64 bits per heavy atom. The number of hydrogen-bond donors (Lipinski definition) is 2. The Bertz CT molecular complexity index is 1790. The molecule has 246 valence electrons. The van der Waals surface area contributed by atoms with Crippen LogP contribution in [0.2, 0.25) is 0 Å². The number of ether oxygens (including phenoxy) is 4. The molecule has 12 heteroatoms. The molecular weight excluding hydrogens is 620 g/mol. The number of nitrogens with zero attached hydrogens (tertiary/aromatic N) is 2. The first kappa shape index (κ1) is 32.1. The minimum Gasteiger partial charge on any atom is -0.496 e. The summed E-state index contributed by atoms with van der Waals surface area (Å²) in [7, 11) is 5.08. The van der Waals surface area contributed by atoms with Crippen molar-refractivity contribution < 1.29 is 33.3 Å². The number of benzene rings is 3. The highest BCUT2D eigenvalue weighted by Crippen LogP contribution is 2.32. The minimum atomic E-state index is -0.528. The number of para-hydroxylation sites is 1. The summed E-state index contributed by atoms with van der Waals surface area (Å²) in [5, 5.41) is 7.09. The van der Waals surface area contributed by atoms with Gasteiger partial charge in [-0.3, -0.25) is 14.4 Å². The summed E-state index contributed by atoms with van der Waals surface area (Å²) < 4.78 is 25.4. The SMILES string of the molecule is COc1cc2ccc1CNC(=O)CCc1ccc(c(OC)c1)OCC(=O)N[C@@H]1CN(C(=O)CSc3cn(C)c4ccccc34)C[C@H]1O2. The van der Waals surface area contributed by atoms with Crippen molar-refractivity contribution in [3.63, 3.8) is 0 Å². The number of carbonyl (C=O) groups is 3. The highest BCUT2D eigenvalue weighted by atomic mass is 32.2. The quantitative estimate of drug-likeness (QED) is 0.312. The maximum atomic E-state index is 13.5. The summed E-state index contributed by atoms with van der Waals surface area (Å²) in [6.07, 6.45) is 2.30. The number of nitrogens with one attached hydrogen (secondary N) is 2. The van der Waals surface area contributed by atoms with Gasteiger partial charge in [-0.25, -0.2) is 0 Å². The van der Waals surface area contributed by atoms with Crippen molar-refractivity contribution in [2.45, 2.75) is 36.4 Å². The molecule has 5 aliphatic heterocycles. The summed E-state index contributed by atoms with van der Waals surface area (Å²) in [6, 6.07) is 18.4. The van der Waals surface area contributed by atoms with Crippen LogP contribution in [0.3, 0.4) is 0 Å². The van der Waals surface area contributed by atoms with E-state index >= 15 is 0 Å². The van der Waals surface area contributed by atoms with Crippen LogP contribution in [-0.4, -0.2) is 79.0 Å². The monoisotopic (exact) mass is 658 g/mol. The first-order chi connectivity index (χ1) is 22.8. The number of fused-ring (bicyclic) bond motifs is 1. The number of aromatic nitrogens is 1. The molecule has 2 atom stereocenters. The van der Waals surface area contributed by atoms with Crippen LogP contribution in [-0.2, 0) is 34.4 Å². The summed E-state index contributed by atoms with van der Waals surface area (Å²) in [5.41, 5.74) is 2.80. The first-order valence-electron chi connectivity index (χ1n) is 15.4. The molecule has 4 aromatic rings. The van der Waals surface area contributed by atoms with E-state index in [1.165, 1.54) is 18.9 Å². The van der Waals surface area contributed by atoms with Gasteiger partial charge in [-0.15, -0.1) is 11.8 Å². The zero-order valence-corrected chi connectivity index (χ0v) is 27.4. The molecule has 47 heavy (non-hydrogen) atoms. The van der Waals surface area contributed by atoms with Crippen LogP contribution in [0.5, 0.6) is 23.0 Å². The maximum Gasteiger partial charge on any atom is 0.258 e. The van der Waals surface area contributed by atoms with E-state index in [0.29, 0.717) is 29.4 Å². The second-order valence-corrected chi connectivity index (χ2v) is 12.6. The van der Waals surface area contributed by atoms with E-state index in [4.69, 9.17) is 18.9 Å². The summed E-state index contributed by atoms with van der Waals surface area (Å²) in [5.74, 6) is 1.70. The van der Waals surface area contributed by atoms with E-state index in [1.54, 1.807) is 36.3 Å². The average molecular weight is 659 g/mol.